The van der Waals surface area contributed by atoms with Gasteiger partial charge in [0.25, 0.3) is 0 Å². The van der Waals surface area contributed by atoms with Crippen LogP contribution in [0.3, 0.4) is 0 Å². The summed E-state index contributed by atoms with van der Waals surface area (Å²) >= 11 is 5.50. The highest BCUT2D eigenvalue weighted by atomic mass is 35.5. The minimum absolute atomic E-state index is 0.192. The SMILES string of the molecule is C/C(=C/Cl)CNc1ccc(C)c(F)c1. The molecule has 0 aliphatic carbocycles. The van der Waals surface area contributed by atoms with E-state index in [1.54, 1.807) is 13.0 Å². The maximum Gasteiger partial charge on any atom is 0.128 e. The molecular formula is C11H13ClFN. The normalized spacial score (nSPS) is 11.6. The quantitative estimate of drug-likeness (QED) is 0.808. The van der Waals surface area contributed by atoms with Crippen LogP contribution in [0.4, 0.5) is 10.1 Å². The summed E-state index contributed by atoms with van der Waals surface area (Å²) in [4.78, 5) is 0. The molecule has 0 saturated heterocycles. The molecule has 0 aliphatic rings. The fourth-order valence-corrected chi connectivity index (χ4v) is 1.06. The second kappa shape index (κ2) is 5.01. The number of rotatable bonds is 3. The average molecular weight is 214 g/mol. The van der Waals surface area contributed by atoms with E-state index in [1.165, 1.54) is 11.6 Å². The highest BCUT2D eigenvalue weighted by molar-refractivity contribution is 6.25. The summed E-state index contributed by atoms with van der Waals surface area (Å²) in [5, 5.41) is 3.07. The van der Waals surface area contributed by atoms with Crippen molar-refractivity contribution in [1.29, 1.82) is 0 Å². The van der Waals surface area contributed by atoms with E-state index < -0.39 is 0 Å². The standard InChI is InChI=1S/C11H13ClFN/c1-8(6-12)7-14-10-4-3-9(2)11(13)5-10/h3-6,14H,7H2,1-2H3/b8-6-. The predicted molar refractivity (Wildman–Crippen MR) is 59.2 cm³/mol. The highest BCUT2D eigenvalue weighted by Gasteiger charge is 1.98. The molecule has 1 N–H and O–H groups in total. The maximum atomic E-state index is 13.1. The second-order valence-corrected chi connectivity index (χ2v) is 3.49. The number of anilines is 1. The first kappa shape index (κ1) is 11.1. The molecule has 0 bridgehead atoms. The van der Waals surface area contributed by atoms with Gasteiger partial charge in [0.05, 0.1) is 0 Å². The zero-order valence-electron chi connectivity index (χ0n) is 8.27. The number of benzene rings is 1. The lowest BCUT2D eigenvalue weighted by Gasteiger charge is -2.06. The average Bonchev–Trinajstić information content (AvgIpc) is 2.19. The molecule has 0 radical (unpaired) electrons. The van der Waals surface area contributed by atoms with Gasteiger partial charge in [0.2, 0.25) is 0 Å². The fraction of sp³-hybridized carbons (Fsp3) is 0.273. The van der Waals surface area contributed by atoms with Crippen LogP contribution in [-0.4, -0.2) is 6.54 Å². The summed E-state index contributed by atoms with van der Waals surface area (Å²) < 4.78 is 13.1. The van der Waals surface area contributed by atoms with Crippen LogP contribution in [0, 0.1) is 12.7 Å². The topological polar surface area (TPSA) is 12.0 Å². The Balaban J connectivity index is 2.64. The first-order valence-electron chi connectivity index (χ1n) is 4.39. The number of aryl methyl sites for hydroxylation is 1. The van der Waals surface area contributed by atoms with Crippen LogP contribution in [0.5, 0.6) is 0 Å². The van der Waals surface area contributed by atoms with Crippen LogP contribution in [0.25, 0.3) is 0 Å². The van der Waals surface area contributed by atoms with Crippen molar-refractivity contribution in [3.05, 3.63) is 40.7 Å². The zero-order valence-corrected chi connectivity index (χ0v) is 9.03. The molecule has 1 rings (SSSR count). The van der Waals surface area contributed by atoms with E-state index in [9.17, 15) is 4.39 Å². The number of halogens is 2. The van der Waals surface area contributed by atoms with Gasteiger partial charge >= 0.3 is 0 Å². The maximum absolute atomic E-state index is 13.1. The molecule has 1 aromatic rings. The summed E-state index contributed by atoms with van der Waals surface area (Å²) in [6.45, 7) is 4.28. The monoisotopic (exact) mass is 213 g/mol. The van der Waals surface area contributed by atoms with E-state index in [4.69, 9.17) is 11.6 Å². The van der Waals surface area contributed by atoms with Crippen molar-refractivity contribution >= 4 is 17.3 Å². The van der Waals surface area contributed by atoms with E-state index in [0.717, 1.165) is 11.3 Å². The Bertz CT molecular complexity index is 347. The van der Waals surface area contributed by atoms with Crippen LogP contribution in [0.2, 0.25) is 0 Å². The Morgan fingerprint density at radius 1 is 1.57 bits per heavy atom. The summed E-state index contributed by atoms with van der Waals surface area (Å²) in [6.07, 6.45) is 0. The predicted octanol–water partition coefficient (Wildman–Crippen LogP) is 3.69. The van der Waals surface area contributed by atoms with E-state index in [1.807, 2.05) is 13.0 Å². The van der Waals surface area contributed by atoms with Crippen LogP contribution in [0.15, 0.2) is 29.3 Å². The molecule has 0 saturated carbocycles. The minimum Gasteiger partial charge on any atom is -0.381 e. The minimum atomic E-state index is -0.192. The molecular weight excluding hydrogens is 201 g/mol. The van der Waals surface area contributed by atoms with Crippen molar-refractivity contribution in [3.63, 3.8) is 0 Å². The Kier molecular flexibility index (Phi) is 3.96. The highest BCUT2D eigenvalue weighted by Crippen LogP contribution is 2.13. The van der Waals surface area contributed by atoms with Crippen LogP contribution >= 0.6 is 11.6 Å². The number of hydrogen-bond donors (Lipinski definition) is 1. The molecule has 76 valence electrons. The van der Waals surface area contributed by atoms with E-state index in [2.05, 4.69) is 5.32 Å². The van der Waals surface area contributed by atoms with E-state index in [0.29, 0.717) is 12.1 Å². The molecule has 0 unspecified atom stereocenters. The summed E-state index contributed by atoms with van der Waals surface area (Å²) in [5.74, 6) is -0.192. The van der Waals surface area contributed by atoms with Gasteiger partial charge in [-0.05, 0) is 37.1 Å². The van der Waals surface area contributed by atoms with Crippen molar-refractivity contribution in [3.8, 4) is 0 Å². The first-order chi connectivity index (χ1) is 6.63. The van der Waals surface area contributed by atoms with Gasteiger partial charge < -0.3 is 5.32 Å². The third-order valence-corrected chi connectivity index (χ3v) is 2.30. The molecule has 0 atom stereocenters. The fourth-order valence-electron chi connectivity index (χ4n) is 0.983. The second-order valence-electron chi connectivity index (χ2n) is 3.27. The molecule has 1 nitrogen and oxygen atoms in total. The smallest absolute Gasteiger partial charge is 0.128 e. The molecule has 0 fully saturated rings. The number of hydrogen-bond acceptors (Lipinski definition) is 1. The van der Waals surface area contributed by atoms with Crippen LogP contribution in [-0.2, 0) is 0 Å². The van der Waals surface area contributed by atoms with Gasteiger partial charge in [-0.1, -0.05) is 17.7 Å². The van der Waals surface area contributed by atoms with Crippen molar-refractivity contribution in [2.45, 2.75) is 13.8 Å². The van der Waals surface area contributed by atoms with Gasteiger partial charge in [-0.2, -0.15) is 0 Å². The third kappa shape index (κ3) is 3.04. The first-order valence-corrected chi connectivity index (χ1v) is 4.83. The Hall–Kier alpha value is -1.02. The van der Waals surface area contributed by atoms with Gasteiger partial charge in [0.1, 0.15) is 5.82 Å². The zero-order chi connectivity index (χ0) is 10.6. The van der Waals surface area contributed by atoms with Crippen molar-refractivity contribution in [2.24, 2.45) is 0 Å². The van der Waals surface area contributed by atoms with E-state index >= 15 is 0 Å². The Morgan fingerprint density at radius 3 is 2.86 bits per heavy atom. The lowest BCUT2D eigenvalue weighted by atomic mass is 10.2. The van der Waals surface area contributed by atoms with Gasteiger partial charge in [0.15, 0.2) is 0 Å². The largest absolute Gasteiger partial charge is 0.381 e. The molecule has 14 heavy (non-hydrogen) atoms. The molecule has 0 heterocycles. The lowest BCUT2D eigenvalue weighted by molar-refractivity contribution is 0.619. The summed E-state index contributed by atoms with van der Waals surface area (Å²) in [6, 6.07) is 5.08. The molecule has 0 amide bonds. The Labute approximate surface area is 88.6 Å². The van der Waals surface area contributed by atoms with Gasteiger partial charge in [-0.25, -0.2) is 4.39 Å². The van der Waals surface area contributed by atoms with Gasteiger partial charge in [0, 0.05) is 17.8 Å². The molecule has 3 heteroatoms. The Morgan fingerprint density at radius 2 is 2.29 bits per heavy atom. The van der Waals surface area contributed by atoms with Gasteiger partial charge in [-0.15, -0.1) is 0 Å². The molecule has 0 spiro atoms. The number of nitrogens with one attached hydrogen (secondary N) is 1. The van der Waals surface area contributed by atoms with Crippen molar-refractivity contribution < 1.29 is 4.39 Å². The lowest BCUT2D eigenvalue weighted by Crippen LogP contribution is -2.02. The molecule has 0 aromatic heterocycles. The molecule has 0 aliphatic heterocycles. The van der Waals surface area contributed by atoms with Crippen LogP contribution in [0.1, 0.15) is 12.5 Å². The summed E-state index contributed by atoms with van der Waals surface area (Å²) in [5.41, 5.74) is 3.94. The van der Waals surface area contributed by atoms with Gasteiger partial charge in [-0.3, -0.25) is 0 Å². The molecule has 1 aromatic carbocycles. The van der Waals surface area contributed by atoms with Crippen LogP contribution < -0.4 is 5.32 Å². The van der Waals surface area contributed by atoms with Crippen molar-refractivity contribution in [2.75, 3.05) is 11.9 Å². The third-order valence-electron chi connectivity index (χ3n) is 1.93. The van der Waals surface area contributed by atoms with E-state index in [-0.39, 0.29) is 5.82 Å². The van der Waals surface area contributed by atoms with Crippen molar-refractivity contribution in [1.82, 2.24) is 0 Å². The summed E-state index contributed by atoms with van der Waals surface area (Å²) in [7, 11) is 0.